The Kier molecular flexibility index (Phi) is 3.84. The van der Waals surface area contributed by atoms with Crippen molar-refractivity contribution in [1.29, 1.82) is 0 Å². The van der Waals surface area contributed by atoms with E-state index in [0.29, 0.717) is 22.1 Å². The zero-order chi connectivity index (χ0) is 15.5. The number of aryl methyl sites for hydroxylation is 1. The van der Waals surface area contributed by atoms with Crippen LogP contribution in [0.25, 0.3) is 5.13 Å². The number of hydrazine groups is 1. The van der Waals surface area contributed by atoms with Gasteiger partial charge < -0.3 is 0 Å². The van der Waals surface area contributed by atoms with E-state index in [1.165, 1.54) is 35.6 Å². The van der Waals surface area contributed by atoms with Gasteiger partial charge in [-0.25, -0.2) is 14.1 Å². The van der Waals surface area contributed by atoms with Gasteiger partial charge in [0, 0.05) is 17.8 Å². The Morgan fingerprint density at radius 3 is 2.77 bits per heavy atom. The van der Waals surface area contributed by atoms with E-state index < -0.39 is 0 Å². The monoisotopic (exact) mass is 317 g/mol. The molecule has 1 amide bonds. The third-order valence-corrected chi connectivity index (χ3v) is 3.68. The molecule has 0 radical (unpaired) electrons. The highest BCUT2D eigenvalue weighted by atomic mass is 32.1. The van der Waals surface area contributed by atoms with E-state index >= 15 is 0 Å². The summed E-state index contributed by atoms with van der Waals surface area (Å²) in [5, 5.41) is 6.79. The maximum Gasteiger partial charge on any atom is 0.273 e. The number of rotatable bonds is 4. The Hall–Kier alpha value is -2.74. The van der Waals surface area contributed by atoms with Gasteiger partial charge in [-0.05, 0) is 31.2 Å². The molecule has 0 saturated carbocycles. The van der Waals surface area contributed by atoms with E-state index in [-0.39, 0.29) is 11.7 Å². The molecule has 1 aromatic carbocycles. The predicted octanol–water partition coefficient (Wildman–Crippen LogP) is 2.53. The third kappa shape index (κ3) is 2.96. The first-order chi connectivity index (χ1) is 10.6. The fourth-order valence-corrected chi connectivity index (χ4v) is 2.41. The number of halogens is 1. The highest BCUT2D eigenvalue weighted by Crippen LogP contribution is 2.14. The Morgan fingerprint density at radius 2 is 2.09 bits per heavy atom. The number of thiazole rings is 1. The molecule has 3 rings (SSSR count). The van der Waals surface area contributed by atoms with E-state index in [1.54, 1.807) is 24.0 Å². The van der Waals surface area contributed by atoms with Crippen LogP contribution in [0, 0.1) is 12.7 Å². The van der Waals surface area contributed by atoms with Crippen LogP contribution in [0.15, 0.2) is 42.0 Å². The van der Waals surface area contributed by atoms with Gasteiger partial charge in [-0.3, -0.25) is 15.6 Å². The number of carbonyl (C=O) groups is 1. The lowest BCUT2D eigenvalue weighted by Gasteiger charge is -2.07. The minimum atomic E-state index is -0.336. The highest BCUT2D eigenvalue weighted by molar-refractivity contribution is 7.12. The highest BCUT2D eigenvalue weighted by Gasteiger charge is 2.14. The van der Waals surface area contributed by atoms with Crippen LogP contribution in [0.5, 0.6) is 0 Å². The van der Waals surface area contributed by atoms with Crippen molar-refractivity contribution in [1.82, 2.24) is 20.2 Å². The van der Waals surface area contributed by atoms with Crippen molar-refractivity contribution in [3.63, 3.8) is 0 Å². The molecule has 0 fully saturated rings. The smallest absolute Gasteiger partial charge is 0.273 e. The van der Waals surface area contributed by atoms with Crippen molar-refractivity contribution in [3.8, 4) is 5.13 Å². The topological polar surface area (TPSA) is 71.8 Å². The Balaban J connectivity index is 1.71. The molecule has 0 spiro atoms. The molecule has 112 valence electrons. The summed E-state index contributed by atoms with van der Waals surface area (Å²) in [6.45, 7) is 1.75. The van der Waals surface area contributed by atoms with E-state index in [2.05, 4.69) is 20.9 Å². The lowest BCUT2D eigenvalue weighted by molar-refractivity contribution is 0.0962. The first-order valence-electron chi connectivity index (χ1n) is 6.41. The summed E-state index contributed by atoms with van der Waals surface area (Å²) in [7, 11) is 0. The van der Waals surface area contributed by atoms with E-state index in [4.69, 9.17) is 0 Å². The second kappa shape index (κ2) is 5.94. The quantitative estimate of drug-likeness (QED) is 0.725. The number of nitrogens with zero attached hydrogens (tertiary/aromatic N) is 3. The lowest BCUT2D eigenvalue weighted by Crippen LogP contribution is -2.29. The van der Waals surface area contributed by atoms with Crippen LogP contribution in [0.2, 0.25) is 0 Å². The molecule has 0 aliphatic heterocycles. The van der Waals surface area contributed by atoms with Crippen LogP contribution in [-0.4, -0.2) is 20.7 Å². The van der Waals surface area contributed by atoms with Crippen LogP contribution < -0.4 is 10.9 Å². The summed E-state index contributed by atoms with van der Waals surface area (Å²) in [5.41, 5.74) is 6.89. The molecule has 0 aliphatic carbocycles. The number of aromatic nitrogens is 3. The van der Waals surface area contributed by atoms with E-state index in [0.717, 1.165) is 0 Å². The van der Waals surface area contributed by atoms with Crippen LogP contribution >= 0.6 is 11.3 Å². The first-order valence-corrected chi connectivity index (χ1v) is 7.29. The molecule has 0 atom stereocenters. The number of hydrogen-bond acceptors (Lipinski definition) is 5. The van der Waals surface area contributed by atoms with Gasteiger partial charge in [0.25, 0.3) is 5.91 Å². The standard InChI is InChI=1S/C14H12FN5OS/c1-9-12(8-20(19-9)14-16-6-7-22-14)13(21)18-17-11-4-2-10(15)3-5-11/h2-8,17H,1H3,(H,18,21). The molecule has 0 saturated heterocycles. The van der Waals surface area contributed by atoms with E-state index in [1.807, 2.05) is 5.38 Å². The van der Waals surface area contributed by atoms with E-state index in [9.17, 15) is 9.18 Å². The SMILES string of the molecule is Cc1nn(-c2nccs2)cc1C(=O)NNc1ccc(F)cc1. The van der Waals surface area contributed by atoms with Gasteiger partial charge in [-0.2, -0.15) is 5.10 Å². The van der Waals surface area contributed by atoms with Gasteiger partial charge in [0.2, 0.25) is 5.13 Å². The minimum absolute atomic E-state index is 0.329. The van der Waals surface area contributed by atoms with Gasteiger partial charge in [0.15, 0.2) is 0 Å². The average Bonchev–Trinajstić information content (AvgIpc) is 3.15. The fourth-order valence-electron chi connectivity index (χ4n) is 1.84. The third-order valence-electron chi connectivity index (χ3n) is 2.92. The number of amides is 1. The van der Waals surface area contributed by atoms with Crippen LogP contribution in [0.1, 0.15) is 16.1 Å². The molecule has 0 aliphatic rings. The minimum Gasteiger partial charge on any atom is -0.298 e. The zero-order valence-electron chi connectivity index (χ0n) is 11.6. The number of hydrogen-bond donors (Lipinski definition) is 2. The van der Waals surface area contributed by atoms with Crippen molar-refractivity contribution in [3.05, 3.63) is 59.1 Å². The summed E-state index contributed by atoms with van der Waals surface area (Å²) in [6.07, 6.45) is 3.29. The number of carbonyl (C=O) groups excluding carboxylic acids is 1. The second-order valence-corrected chi connectivity index (χ2v) is 5.35. The predicted molar refractivity (Wildman–Crippen MR) is 81.5 cm³/mol. The number of benzene rings is 1. The Bertz CT molecular complexity index is 782. The maximum atomic E-state index is 12.8. The van der Waals surface area contributed by atoms with Crippen molar-refractivity contribution < 1.29 is 9.18 Å². The van der Waals surface area contributed by atoms with Crippen LogP contribution in [0.4, 0.5) is 10.1 Å². The van der Waals surface area contributed by atoms with Gasteiger partial charge in [-0.1, -0.05) is 0 Å². The molecule has 2 N–H and O–H groups in total. The Labute approximate surface area is 129 Å². The molecule has 0 unspecified atom stereocenters. The van der Waals surface area contributed by atoms with Gasteiger partial charge in [0.05, 0.1) is 16.9 Å². The molecule has 3 aromatic rings. The van der Waals surface area contributed by atoms with Crippen LogP contribution in [-0.2, 0) is 0 Å². The average molecular weight is 317 g/mol. The molecular formula is C14H12FN5OS. The summed E-state index contributed by atoms with van der Waals surface area (Å²) < 4.78 is 14.4. The summed E-state index contributed by atoms with van der Waals surface area (Å²) in [5.74, 6) is -0.665. The van der Waals surface area contributed by atoms with Crippen LogP contribution in [0.3, 0.4) is 0 Å². The first kappa shape index (κ1) is 14.2. The lowest BCUT2D eigenvalue weighted by atomic mass is 10.2. The molecule has 0 bridgehead atoms. The van der Waals surface area contributed by atoms with Crippen molar-refractivity contribution in [2.75, 3.05) is 5.43 Å². The fraction of sp³-hybridized carbons (Fsp3) is 0.0714. The van der Waals surface area contributed by atoms with Gasteiger partial charge in [0.1, 0.15) is 5.82 Å². The normalized spacial score (nSPS) is 10.5. The van der Waals surface area contributed by atoms with Gasteiger partial charge >= 0.3 is 0 Å². The van der Waals surface area contributed by atoms with Gasteiger partial charge in [-0.15, -0.1) is 11.3 Å². The van der Waals surface area contributed by atoms with Crippen molar-refractivity contribution in [2.24, 2.45) is 0 Å². The molecular weight excluding hydrogens is 305 g/mol. The second-order valence-electron chi connectivity index (χ2n) is 4.47. The largest absolute Gasteiger partial charge is 0.298 e. The zero-order valence-corrected chi connectivity index (χ0v) is 12.4. The number of anilines is 1. The molecule has 2 aromatic heterocycles. The van der Waals surface area contributed by atoms with Crippen molar-refractivity contribution in [2.45, 2.75) is 6.92 Å². The maximum absolute atomic E-state index is 12.8. The summed E-state index contributed by atoms with van der Waals surface area (Å²) in [6, 6.07) is 5.67. The molecule has 22 heavy (non-hydrogen) atoms. The van der Waals surface area contributed by atoms with Crippen molar-refractivity contribution >= 4 is 22.9 Å². The number of nitrogens with one attached hydrogen (secondary N) is 2. The molecule has 8 heteroatoms. The molecule has 2 heterocycles. The summed E-state index contributed by atoms with van der Waals surface area (Å²) in [4.78, 5) is 16.3. The molecule has 6 nitrogen and oxygen atoms in total. The Morgan fingerprint density at radius 1 is 1.32 bits per heavy atom. The summed E-state index contributed by atoms with van der Waals surface area (Å²) >= 11 is 1.43.